The molecule has 1 aliphatic rings. The van der Waals surface area contributed by atoms with Gasteiger partial charge in [-0.15, -0.1) is 0 Å². The third-order valence-electron chi connectivity index (χ3n) is 1.85. The molecule has 1 heterocycles. The zero-order valence-corrected chi connectivity index (χ0v) is 5.89. The highest BCUT2D eigenvalue weighted by molar-refractivity contribution is 5.78. The molecule has 10 heavy (non-hydrogen) atoms. The second-order valence-electron chi connectivity index (χ2n) is 2.53. The van der Waals surface area contributed by atoms with Gasteiger partial charge in [0.15, 0.2) is 0 Å². The Morgan fingerprint density at radius 3 is 2.50 bits per heavy atom. The normalized spacial score (nSPS) is 21.4. The van der Waals surface area contributed by atoms with Crippen LogP contribution in [0.5, 0.6) is 0 Å². The summed E-state index contributed by atoms with van der Waals surface area (Å²) in [5, 5.41) is 11.7. The van der Waals surface area contributed by atoms with Crippen molar-refractivity contribution in [1.29, 1.82) is 0 Å². The zero-order valence-electron chi connectivity index (χ0n) is 5.89. The number of carbonyl (C=O) groups is 1. The molecular formula is C6H11NO3. The Morgan fingerprint density at radius 2 is 2.40 bits per heavy atom. The first-order chi connectivity index (χ1) is 4.75. The molecule has 4 nitrogen and oxygen atoms in total. The highest BCUT2D eigenvalue weighted by Crippen LogP contribution is 2.22. The van der Waals surface area contributed by atoms with Crippen LogP contribution in [-0.4, -0.2) is 37.9 Å². The molecule has 2 N–H and O–H groups in total. The van der Waals surface area contributed by atoms with Crippen LogP contribution in [0.3, 0.4) is 0 Å². The Bertz CT molecular complexity index is 136. The highest BCUT2D eigenvalue weighted by atomic mass is 16.5. The van der Waals surface area contributed by atoms with Crippen LogP contribution in [0.2, 0.25) is 0 Å². The summed E-state index contributed by atoms with van der Waals surface area (Å²) in [7, 11) is 1.33. The van der Waals surface area contributed by atoms with E-state index in [1.807, 2.05) is 0 Å². The van der Waals surface area contributed by atoms with Crippen molar-refractivity contribution in [2.24, 2.45) is 5.41 Å². The molecule has 0 radical (unpaired) electrons. The van der Waals surface area contributed by atoms with Gasteiger partial charge in [-0.05, 0) is 0 Å². The Kier molecular flexibility index (Phi) is 1.92. The smallest absolute Gasteiger partial charge is 0.316 e. The van der Waals surface area contributed by atoms with Crippen LogP contribution in [0.25, 0.3) is 0 Å². The summed E-state index contributed by atoms with van der Waals surface area (Å²) in [6.45, 7) is 0.916. The predicted octanol–water partition coefficient (Wildman–Crippen LogP) is -1.26. The first-order valence-electron chi connectivity index (χ1n) is 3.15. The fourth-order valence-corrected chi connectivity index (χ4v) is 0.964. The second-order valence-corrected chi connectivity index (χ2v) is 2.53. The number of ether oxygens (including phenoxy) is 1. The zero-order chi connectivity index (χ0) is 7.61. The van der Waals surface area contributed by atoms with Gasteiger partial charge >= 0.3 is 5.97 Å². The van der Waals surface area contributed by atoms with Gasteiger partial charge in [0.2, 0.25) is 0 Å². The quantitative estimate of drug-likeness (QED) is 0.476. The molecule has 0 aromatic rings. The molecule has 0 aromatic heterocycles. The van der Waals surface area contributed by atoms with Crippen LogP contribution < -0.4 is 5.32 Å². The molecule has 0 aromatic carbocycles. The van der Waals surface area contributed by atoms with Gasteiger partial charge in [-0.1, -0.05) is 0 Å². The van der Waals surface area contributed by atoms with Gasteiger partial charge in [-0.3, -0.25) is 4.79 Å². The minimum atomic E-state index is -0.644. The molecule has 0 saturated carbocycles. The first kappa shape index (κ1) is 7.50. The van der Waals surface area contributed by atoms with Crippen molar-refractivity contribution in [3.63, 3.8) is 0 Å². The average Bonchev–Trinajstić information content (AvgIpc) is 1.86. The van der Waals surface area contributed by atoms with Crippen molar-refractivity contribution in [2.45, 2.75) is 0 Å². The first-order valence-corrected chi connectivity index (χ1v) is 3.15. The lowest BCUT2D eigenvalue weighted by molar-refractivity contribution is -0.159. The molecule has 0 atom stereocenters. The molecule has 1 saturated heterocycles. The van der Waals surface area contributed by atoms with E-state index < -0.39 is 5.41 Å². The Labute approximate surface area is 59.2 Å². The molecule has 0 aliphatic carbocycles. The van der Waals surface area contributed by atoms with Crippen molar-refractivity contribution < 1.29 is 14.6 Å². The van der Waals surface area contributed by atoms with Gasteiger partial charge in [0, 0.05) is 13.1 Å². The van der Waals surface area contributed by atoms with E-state index in [2.05, 4.69) is 10.1 Å². The van der Waals surface area contributed by atoms with Crippen molar-refractivity contribution in [3.8, 4) is 0 Å². The molecule has 4 heteroatoms. The van der Waals surface area contributed by atoms with E-state index >= 15 is 0 Å². The lowest BCUT2D eigenvalue weighted by Crippen LogP contribution is -2.60. The van der Waals surface area contributed by atoms with Crippen molar-refractivity contribution in [2.75, 3.05) is 26.8 Å². The summed E-state index contributed by atoms with van der Waals surface area (Å²) in [4.78, 5) is 10.9. The van der Waals surface area contributed by atoms with E-state index in [0.717, 1.165) is 0 Å². The standard InChI is InChI=1S/C6H11NO3/c1-10-5(9)6(4-8)2-7-3-6/h7-8H,2-4H2,1H3. The van der Waals surface area contributed by atoms with E-state index in [0.29, 0.717) is 13.1 Å². The molecule has 1 aliphatic heterocycles. The fourth-order valence-electron chi connectivity index (χ4n) is 0.964. The number of hydrogen-bond donors (Lipinski definition) is 2. The molecule has 0 spiro atoms. The lowest BCUT2D eigenvalue weighted by Gasteiger charge is -2.37. The number of aliphatic hydroxyl groups is 1. The van der Waals surface area contributed by atoms with Crippen LogP contribution in [0.4, 0.5) is 0 Å². The van der Waals surface area contributed by atoms with E-state index in [4.69, 9.17) is 5.11 Å². The van der Waals surface area contributed by atoms with E-state index in [9.17, 15) is 4.79 Å². The number of methoxy groups -OCH3 is 1. The molecular weight excluding hydrogens is 134 g/mol. The maximum atomic E-state index is 10.9. The Morgan fingerprint density at radius 1 is 1.80 bits per heavy atom. The summed E-state index contributed by atoms with van der Waals surface area (Å²) >= 11 is 0. The minimum Gasteiger partial charge on any atom is -0.468 e. The van der Waals surface area contributed by atoms with Crippen LogP contribution in [0, 0.1) is 5.41 Å². The van der Waals surface area contributed by atoms with Crippen molar-refractivity contribution >= 4 is 5.97 Å². The lowest BCUT2D eigenvalue weighted by atomic mass is 9.83. The largest absolute Gasteiger partial charge is 0.468 e. The highest BCUT2D eigenvalue weighted by Gasteiger charge is 2.44. The number of aliphatic hydroxyl groups excluding tert-OH is 1. The van der Waals surface area contributed by atoms with Gasteiger partial charge in [-0.2, -0.15) is 0 Å². The summed E-state index contributed by atoms with van der Waals surface area (Å²) < 4.78 is 4.51. The van der Waals surface area contributed by atoms with Gasteiger partial charge in [0.25, 0.3) is 0 Å². The number of carbonyl (C=O) groups excluding carboxylic acids is 1. The molecule has 0 bridgehead atoms. The SMILES string of the molecule is COC(=O)C1(CO)CNC1. The Balaban J connectivity index is 2.55. The van der Waals surface area contributed by atoms with E-state index in [-0.39, 0.29) is 12.6 Å². The summed E-state index contributed by atoms with van der Waals surface area (Å²) in [6.07, 6.45) is 0. The van der Waals surface area contributed by atoms with Crippen LogP contribution in [0.15, 0.2) is 0 Å². The predicted molar refractivity (Wildman–Crippen MR) is 34.4 cm³/mol. The molecule has 58 valence electrons. The molecule has 1 rings (SSSR count). The molecule has 0 amide bonds. The second kappa shape index (κ2) is 2.56. The van der Waals surface area contributed by atoms with E-state index in [1.54, 1.807) is 0 Å². The maximum absolute atomic E-state index is 10.9. The summed E-state index contributed by atoms with van der Waals surface area (Å²) in [6, 6.07) is 0. The number of esters is 1. The van der Waals surface area contributed by atoms with Gasteiger partial charge < -0.3 is 15.2 Å². The van der Waals surface area contributed by atoms with Gasteiger partial charge in [0.1, 0.15) is 5.41 Å². The summed E-state index contributed by atoms with van der Waals surface area (Å²) in [5.41, 5.74) is -0.644. The minimum absolute atomic E-state index is 0.132. The number of nitrogens with one attached hydrogen (secondary N) is 1. The van der Waals surface area contributed by atoms with E-state index in [1.165, 1.54) is 7.11 Å². The molecule has 1 fully saturated rings. The number of rotatable bonds is 2. The topological polar surface area (TPSA) is 58.6 Å². The van der Waals surface area contributed by atoms with Crippen molar-refractivity contribution in [1.82, 2.24) is 5.32 Å². The van der Waals surface area contributed by atoms with Gasteiger partial charge in [0.05, 0.1) is 13.7 Å². The number of hydrogen-bond acceptors (Lipinski definition) is 4. The Hall–Kier alpha value is -0.610. The van der Waals surface area contributed by atoms with Crippen LogP contribution in [0.1, 0.15) is 0 Å². The van der Waals surface area contributed by atoms with Crippen LogP contribution in [-0.2, 0) is 9.53 Å². The summed E-state index contributed by atoms with van der Waals surface area (Å²) in [5.74, 6) is -0.325. The van der Waals surface area contributed by atoms with Gasteiger partial charge in [-0.25, -0.2) is 0 Å². The average molecular weight is 145 g/mol. The monoisotopic (exact) mass is 145 g/mol. The van der Waals surface area contributed by atoms with Crippen molar-refractivity contribution in [3.05, 3.63) is 0 Å². The third kappa shape index (κ3) is 0.892. The molecule has 0 unspecified atom stereocenters. The third-order valence-corrected chi connectivity index (χ3v) is 1.85. The fraction of sp³-hybridized carbons (Fsp3) is 0.833. The maximum Gasteiger partial charge on any atom is 0.316 e. The van der Waals surface area contributed by atoms with Crippen LogP contribution >= 0.6 is 0 Å².